The molecule has 0 aliphatic heterocycles. The number of aromatic nitrogens is 3. The fraction of sp³-hybridized carbons (Fsp3) is 0.235. The number of anilines is 1. The molecule has 0 saturated carbocycles. The minimum absolute atomic E-state index is 0.137. The number of halogens is 1. The summed E-state index contributed by atoms with van der Waals surface area (Å²) in [5.74, 6) is 0.373. The van der Waals surface area contributed by atoms with Crippen LogP contribution < -0.4 is 5.73 Å². The first kappa shape index (κ1) is 14.4. The van der Waals surface area contributed by atoms with E-state index in [0.29, 0.717) is 5.65 Å². The molecule has 2 heterocycles. The van der Waals surface area contributed by atoms with Crippen molar-refractivity contribution in [3.63, 3.8) is 0 Å². The molecule has 0 aliphatic rings. The normalized spacial score (nSPS) is 11.1. The van der Waals surface area contributed by atoms with Gasteiger partial charge in [0, 0.05) is 29.3 Å². The van der Waals surface area contributed by atoms with E-state index in [1.54, 1.807) is 12.3 Å². The molecule has 0 saturated heterocycles. The number of fused-ring (bicyclic) bond motifs is 1. The molecule has 2 aromatic heterocycles. The number of nitrogen functional groups attached to an aromatic ring is 1. The van der Waals surface area contributed by atoms with Crippen molar-refractivity contribution in [3.8, 4) is 11.1 Å². The van der Waals surface area contributed by atoms with Crippen LogP contribution in [0.5, 0.6) is 0 Å². The van der Waals surface area contributed by atoms with Crippen molar-refractivity contribution in [2.24, 2.45) is 0 Å². The fourth-order valence-electron chi connectivity index (χ4n) is 2.51. The third-order valence-electron chi connectivity index (χ3n) is 3.76. The Kier molecular flexibility index (Phi) is 3.48. The van der Waals surface area contributed by atoms with E-state index in [1.165, 1.54) is 6.07 Å². The average Bonchev–Trinajstić information content (AvgIpc) is 2.50. The highest BCUT2D eigenvalue weighted by molar-refractivity contribution is 5.83. The van der Waals surface area contributed by atoms with Gasteiger partial charge in [-0.05, 0) is 43.2 Å². The van der Waals surface area contributed by atoms with Gasteiger partial charge in [0.2, 0.25) is 0 Å². The standard InChI is InChI=1S/C17H17FN4/c1-4-16-20-8-11-6-13(10(3)21-17(11)22-16)12-7-15(19)14(18)5-9(12)2/h5-8H,4,19H2,1-3H3. The average molecular weight is 296 g/mol. The van der Waals surface area contributed by atoms with Crippen LogP contribution in [0.4, 0.5) is 10.1 Å². The number of hydrogen-bond acceptors (Lipinski definition) is 4. The van der Waals surface area contributed by atoms with Gasteiger partial charge >= 0.3 is 0 Å². The third kappa shape index (κ3) is 2.39. The van der Waals surface area contributed by atoms with E-state index in [9.17, 15) is 4.39 Å². The van der Waals surface area contributed by atoms with Gasteiger partial charge in [-0.2, -0.15) is 0 Å². The summed E-state index contributed by atoms with van der Waals surface area (Å²) < 4.78 is 13.6. The van der Waals surface area contributed by atoms with E-state index in [2.05, 4.69) is 15.0 Å². The van der Waals surface area contributed by atoms with Crippen molar-refractivity contribution in [3.05, 3.63) is 47.3 Å². The van der Waals surface area contributed by atoms with Gasteiger partial charge in [0.1, 0.15) is 11.6 Å². The lowest BCUT2D eigenvalue weighted by Gasteiger charge is -2.12. The number of aryl methyl sites for hydroxylation is 3. The summed E-state index contributed by atoms with van der Waals surface area (Å²) in [7, 11) is 0. The molecule has 0 spiro atoms. The van der Waals surface area contributed by atoms with Crippen LogP contribution in [0.15, 0.2) is 24.4 Å². The maximum atomic E-state index is 13.6. The molecule has 22 heavy (non-hydrogen) atoms. The largest absolute Gasteiger partial charge is 0.396 e. The van der Waals surface area contributed by atoms with Crippen molar-refractivity contribution in [1.82, 2.24) is 15.0 Å². The summed E-state index contributed by atoms with van der Waals surface area (Å²) in [4.78, 5) is 13.3. The highest BCUT2D eigenvalue weighted by atomic mass is 19.1. The zero-order valence-electron chi connectivity index (χ0n) is 12.8. The van der Waals surface area contributed by atoms with Crippen LogP contribution in [-0.2, 0) is 6.42 Å². The second kappa shape index (κ2) is 5.33. The molecule has 5 heteroatoms. The van der Waals surface area contributed by atoms with Gasteiger partial charge in [-0.25, -0.2) is 19.3 Å². The molecule has 0 unspecified atom stereocenters. The van der Waals surface area contributed by atoms with E-state index in [1.807, 2.05) is 26.8 Å². The quantitative estimate of drug-likeness (QED) is 0.734. The van der Waals surface area contributed by atoms with Crippen LogP contribution in [-0.4, -0.2) is 15.0 Å². The predicted octanol–water partition coefficient (Wildman–Crippen LogP) is 3.59. The van der Waals surface area contributed by atoms with E-state index in [0.717, 1.165) is 40.0 Å². The molecule has 4 nitrogen and oxygen atoms in total. The van der Waals surface area contributed by atoms with Gasteiger partial charge in [0.05, 0.1) is 5.69 Å². The topological polar surface area (TPSA) is 64.7 Å². The van der Waals surface area contributed by atoms with Gasteiger partial charge < -0.3 is 5.73 Å². The van der Waals surface area contributed by atoms with Crippen molar-refractivity contribution < 1.29 is 4.39 Å². The van der Waals surface area contributed by atoms with Crippen LogP contribution in [0.3, 0.4) is 0 Å². The minimum atomic E-state index is -0.399. The SMILES string of the molecule is CCc1ncc2cc(-c3cc(N)c(F)cc3C)c(C)nc2n1. The first-order valence-electron chi connectivity index (χ1n) is 7.19. The first-order chi connectivity index (χ1) is 10.5. The van der Waals surface area contributed by atoms with E-state index >= 15 is 0 Å². The smallest absolute Gasteiger partial charge is 0.163 e. The van der Waals surface area contributed by atoms with E-state index in [-0.39, 0.29) is 5.69 Å². The van der Waals surface area contributed by atoms with Gasteiger partial charge in [-0.1, -0.05) is 6.92 Å². The lowest BCUT2D eigenvalue weighted by atomic mass is 9.98. The van der Waals surface area contributed by atoms with Gasteiger partial charge in [-0.3, -0.25) is 0 Å². The van der Waals surface area contributed by atoms with E-state index < -0.39 is 5.82 Å². The number of pyridine rings is 1. The first-order valence-corrected chi connectivity index (χ1v) is 7.19. The van der Waals surface area contributed by atoms with Crippen LogP contribution in [0, 0.1) is 19.7 Å². The fourth-order valence-corrected chi connectivity index (χ4v) is 2.51. The lowest BCUT2D eigenvalue weighted by molar-refractivity contribution is 0.631. The molecule has 0 aliphatic carbocycles. The number of rotatable bonds is 2. The summed E-state index contributed by atoms with van der Waals surface area (Å²) in [6.45, 7) is 5.78. The molecule has 0 radical (unpaired) electrons. The molecular formula is C17H17FN4. The lowest BCUT2D eigenvalue weighted by Crippen LogP contribution is -1.99. The Morgan fingerprint density at radius 2 is 1.86 bits per heavy atom. The van der Waals surface area contributed by atoms with Crippen LogP contribution >= 0.6 is 0 Å². The Balaban J connectivity index is 2.23. The van der Waals surface area contributed by atoms with Crippen molar-refractivity contribution in [2.75, 3.05) is 5.73 Å². The zero-order valence-corrected chi connectivity index (χ0v) is 12.8. The second-order valence-corrected chi connectivity index (χ2v) is 5.36. The molecule has 2 N–H and O–H groups in total. The number of nitrogens with two attached hydrogens (primary N) is 1. The Bertz CT molecular complexity index is 874. The summed E-state index contributed by atoms with van der Waals surface area (Å²) in [5, 5.41) is 0.861. The van der Waals surface area contributed by atoms with Gasteiger partial charge in [0.15, 0.2) is 5.65 Å². The van der Waals surface area contributed by atoms with E-state index in [4.69, 9.17) is 5.73 Å². The molecular weight excluding hydrogens is 279 g/mol. The van der Waals surface area contributed by atoms with Gasteiger partial charge in [0.25, 0.3) is 0 Å². The summed E-state index contributed by atoms with van der Waals surface area (Å²) >= 11 is 0. The van der Waals surface area contributed by atoms with Crippen LogP contribution in [0.1, 0.15) is 24.0 Å². The maximum Gasteiger partial charge on any atom is 0.163 e. The molecule has 1 aromatic carbocycles. The Morgan fingerprint density at radius 3 is 2.59 bits per heavy atom. The highest BCUT2D eigenvalue weighted by Gasteiger charge is 2.12. The molecule has 3 aromatic rings. The zero-order chi connectivity index (χ0) is 15.9. The molecule has 0 fully saturated rings. The summed E-state index contributed by atoms with van der Waals surface area (Å²) in [5.41, 5.74) is 9.98. The number of hydrogen-bond donors (Lipinski definition) is 1. The van der Waals surface area contributed by atoms with Crippen molar-refractivity contribution >= 4 is 16.7 Å². The number of nitrogens with zero attached hydrogens (tertiary/aromatic N) is 3. The number of benzene rings is 1. The summed E-state index contributed by atoms with van der Waals surface area (Å²) in [6, 6.07) is 5.09. The van der Waals surface area contributed by atoms with Gasteiger partial charge in [-0.15, -0.1) is 0 Å². The van der Waals surface area contributed by atoms with Crippen molar-refractivity contribution in [1.29, 1.82) is 0 Å². The second-order valence-electron chi connectivity index (χ2n) is 5.36. The Morgan fingerprint density at radius 1 is 1.09 bits per heavy atom. The Labute approximate surface area is 128 Å². The molecule has 0 bridgehead atoms. The molecule has 0 amide bonds. The van der Waals surface area contributed by atoms with Crippen molar-refractivity contribution in [2.45, 2.75) is 27.2 Å². The molecule has 112 valence electrons. The Hall–Kier alpha value is -2.56. The molecule has 0 atom stereocenters. The monoisotopic (exact) mass is 296 g/mol. The summed E-state index contributed by atoms with van der Waals surface area (Å²) in [6.07, 6.45) is 2.55. The molecule has 3 rings (SSSR count). The highest BCUT2D eigenvalue weighted by Crippen LogP contribution is 2.31. The maximum absolute atomic E-state index is 13.6. The van der Waals surface area contributed by atoms with Crippen LogP contribution in [0.2, 0.25) is 0 Å². The minimum Gasteiger partial charge on any atom is -0.396 e. The predicted molar refractivity (Wildman–Crippen MR) is 86.0 cm³/mol. The third-order valence-corrected chi connectivity index (χ3v) is 3.76. The van der Waals surface area contributed by atoms with Crippen LogP contribution in [0.25, 0.3) is 22.2 Å².